The number of thiocarbonyl (C=S) groups is 1. The lowest BCUT2D eigenvalue weighted by molar-refractivity contribution is 0.408. The van der Waals surface area contributed by atoms with Crippen molar-refractivity contribution >= 4 is 23.0 Å². The number of hydrogen-bond donors (Lipinski definition) is 1. The van der Waals surface area contributed by atoms with Crippen molar-refractivity contribution in [3.05, 3.63) is 17.8 Å². The fourth-order valence-corrected chi connectivity index (χ4v) is 1.95. The van der Waals surface area contributed by atoms with Crippen molar-refractivity contribution in [2.75, 3.05) is 38.6 Å². The van der Waals surface area contributed by atoms with E-state index in [9.17, 15) is 0 Å². The van der Waals surface area contributed by atoms with Crippen LogP contribution in [0.5, 0.6) is 0 Å². The number of rotatable bonds is 7. The lowest BCUT2D eigenvalue weighted by atomic mass is 10.2. The first-order valence-corrected chi connectivity index (χ1v) is 6.83. The summed E-state index contributed by atoms with van der Waals surface area (Å²) in [6.07, 6.45) is 1.62. The van der Waals surface area contributed by atoms with E-state index in [1.54, 1.807) is 6.20 Å². The van der Waals surface area contributed by atoms with Crippen molar-refractivity contribution in [1.82, 2.24) is 15.1 Å². The number of hydrogen-bond acceptors (Lipinski definition) is 5. The van der Waals surface area contributed by atoms with Gasteiger partial charge in [0, 0.05) is 19.6 Å². The van der Waals surface area contributed by atoms with E-state index >= 15 is 0 Å². The smallest absolute Gasteiger partial charge is 0.161 e. The second kappa shape index (κ2) is 7.35. The largest absolute Gasteiger partial charge is 0.389 e. The van der Waals surface area contributed by atoms with E-state index in [0.29, 0.717) is 10.9 Å². The first-order valence-electron chi connectivity index (χ1n) is 6.43. The molecule has 0 aliphatic carbocycles. The van der Waals surface area contributed by atoms with E-state index in [0.717, 1.165) is 31.0 Å². The zero-order valence-electron chi connectivity index (χ0n) is 12.1. The maximum Gasteiger partial charge on any atom is 0.161 e. The van der Waals surface area contributed by atoms with Crippen LogP contribution in [-0.4, -0.2) is 53.8 Å². The Kier molecular flexibility index (Phi) is 6.11. The van der Waals surface area contributed by atoms with Crippen LogP contribution in [0, 0.1) is 5.92 Å². The minimum absolute atomic E-state index is 0.364. The summed E-state index contributed by atoms with van der Waals surface area (Å²) in [6, 6.07) is 1.83. The average molecular weight is 281 g/mol. The second-order valence-electron chi connectivity index (χ2n) is 5.28. The summed E-state index contributed by atoms with van der Waals surface area (Å²) < 4.78 is 0. The van der Waals surface area contributed by atoms with E-state index < -0.39 is 0 Å². The summed E-state index contributed by atoms with van der Waals surface area (Å²) >= 11 is 5.09. The lowest BCUT2D eigenvalue weighted by Gasteiger charge is -2.28. The van der Waals surface area contributed by atoms with Gasteiger partial charge < -0.3 is 15.5 Å². The molecular formula is C13H23N5S. The highest BCUT2D eigenvalue weighted by Crippen LogP contribution is 2.17. The summed E-state index contributed by atoms with van der Waals surface area (Å²) in [4.78, 5) is 4.71. The molecule has 1 heterocycles. The van der Waals surface area contributed by atoms with Gasteiger partial charge in [0.05, 0.1) is 11.8 Å². The van der Waals surface area contributed by atoms with Crippen LogP contribution in [0.1, 0.15) is 19.4 Å². The Morgan fingerprint density at radius 2 is 2.05 bits per heavy atom. The van der Waals surface area contributed by atoms with Crippen molar-refractivity contribution in [3.8, 4) is 0 Å². The van der Waals surface area contributed by atoms with Crippen molar-refractivity contribution in [2.24, 2.45) is 11.7 Å². The molecule has 1 aromatic rings. The van der Waals surface area contributed by atoms with Gasteiger partial charge in [-0.25, -0.2) is 0 Å². The normalized spacial score (nSPS) is 11.1. The Morgan fingerprint density at radius 3 is 2.58 bits per heavy atom. The van der Waals surface area contributed by atoms with Crippen molar-refractivity contribution < 1.29 is 0 Å². The van der Waals surface area contributed by atoms with Gasteiger partial charge in [-0.1, -0.05) is 26.1 Å². The molecule has 0 aromatic carbocycles. The third-order valence-corrected chi connectivity index (χ3v) is 2.89. The predicted molar refractivity (Wildman–Crippen MR) is 83.5 cm³/mol. The molecule has 0 saturated carbocycles. The summed E-state index contributed by atoms with van der Waals surface area (Å²) in [5, 5.41) is 8.18. The Labute approximate surface area is 120 Å². The van der Waals surface area contributed by atoms with E-state index in [-0.39, 0.29) is 0 Å². The van der Waals surface area contributed by atoms with E-state index in [4.69, 9.17) is 18.0 Å². The molecule has 6 heteroatoms. The third-order valence-electron chi connectivity index (χ3n) is 2.67. The molecule has 0 saturated heterocycles. The standard InChI is InChI=1S/C13H23N5S/c1-10(2)9-18(8-7-17(3)4)13-11(12(14)19)5-6-15-16-13/h5-6,10H,7-9H2,1-4H3,(H2,14,19). The minimum Gasteiger partial charge on any atom is -0.389 e. The van der Waals surface area contributed by atoms with Gasteiger partial charge in [-0.2, -0.15) is 5.10 Å². The first kappa shape index (κ1) is 15.8. The Morgan fingerprint density at radius 1 is 1.37 bits per heavy atom. The maximum atomic E-state index is 5.77. The first-order chi connectivity index (χ1) is 8.91. The maximum absolute atomic E-state index is 5.77. The van der Waals surface area contributed by atoms with Crippen molar-refractivity contribution in [2.45, 2.75) is 13.8 Å². The molecule has 0 radical (unpaired) electrons. The van der Waals surface area contributed by atoms with Gasteiger partial charge >= 0.3 is 0 Å². The summed E-state index contributed by atoms with van der Waals surface area (Å²) in [7, 11) is 4.11. The van der Waals surface area contributed by atoms with Crippen LogP contribution in [0.2, 0.25) is 0 Å². The fourth-order valence-electron chi connectivity index (χ4n) is 1.80. The van der Waals surface area contributed by atoms with Crippen LogP contribution in [0.3, 0.4) is 0 Å². The molecule has 0 amide bonds. The van der Waals surface area contributed by atoms with Crippen LogP contribution >= 0.6 is 12.2 Å². The molecule has 1 rings (SSSR count). The van der Waals surface area contributed by atoms with Gasteiger partial charge in [0.2, 0.25) is 0 Å². The molecule has 0 spiro atoms. The Balaban J connectivity index is 2.99. The summed E-state index contributed by atoms with van der Waals surface area (Å²) in [6.45, 7) is 7.08. The van der Waals surface area contributed by atoms with E-state index in [2.05, 4.69) is 47.9 Å². The topological polar surface area (TPSA) is 58.3 Å². The zero-order valence-corrected chi connectivity index (χ0v) is 12.9. The van der Waals surface area contributed by atoms with Gasteiger partial charge in [-0.05, 0) is 26.1 Å². The molecule has 0 aliphatic heterocycles. The van der Waals surface area contributed by atoms with E-state index in [1.165, 1.54) is 0 Å². The number of nitrogens with zero attached hydrogens (tertiary/aromatic N) is 4. The van der Waals surface area contributed by atoms with Crippen LogP contribution in [0.25, 0.3) is 0 Å². The van der Waals surface area contributed by atoms with Crippen LogP contribution < -0.4 is 10.6 Å². The number of anilines is 1. The highest BCUT2D eigenvalue weighted by molar-refractivity contribution is 7.80. The summed E-state index contributed by atoms with van der Waals surface area (Å²) in [5.41, 5.74) is 6.56. The van der Waals surface area contributed by atoms with Gasteiger partial charge in [-0.15, -0.1) is 5.10 Å². The van der Waals surface area contributed by atoms with Crippen LogP contribution in [0.15, 0.2) is 12.3 Å². The fraction of sp³-hybridized carbons (Fsp3) is 0.615. The lowest BCUT2D eigenvalue weighted by Crippen LogP contribution is -2.36. The molecule has 0 atom stereocenters. The predicted octanol–water partition coefficient (Wildman–Crippen LogP) is 1.13. The third kappa shape index (κ3) is 5.08. The molecule has 106 valence electrons. The molecular weight excluding hydrogens is 258 g/mol. The van der Waals surface area contributed by atoms with Crippen molar-refractivity contribution in [1.29, 1.82) is 0 Å². The number of aromatic nitrogens is 2. The van der Waals surface area contributed by atoms with Gasteiger partial charge in [0.25, 0.3) is 0 Å². The molecule has 19 heavy (non-hydrogen) atoms. The molecule has 0 fully saturated rings. The van der Waals surface area contributed by atoms with Gasteiger partial charge in [-0.3, -0.25) is 0 Å². The van der Waals surface area contributed by atoms with Crippen LogP contribution in [0.4, 0.5) is 5.82 Å². The molecule has 0 bridgehead atoms. The Bertz CT molecular complexity index is 419. The number of nitrogens with two attached hydrogens (primary N) is 1. The van der Waals surface area contributed by atoms with Gasteiger partial charge in [0.1, 0.15) is 4.99 Å². The SMILES string of the molecule is CC(C)CN(CCN(C)C)c1nnccc1C(N)=S. The van der Waals surface area contributed by atoms with Crippen LogP contribution in [-0.2, 0) is 0 Å². The average Bonchev–Trinajstić information content (AvgIpc) is 2.33. The Hall–Kier alpha value is -1.27. The molecule has 2 N–H and O–H groups in total. The molecule has 0 aliphatic rings. The number of likely N-dealkylation sites (N-methyl/N-ethyl adjacent to an activating group) is 1. The zero-order chi connectivity index (χ0) is 14.4. The molecule has 1 aromatic heterocycles. The quantitative estimate of drug-likeness (QED) is 0.756. The van der Waals surface area contributed by atoms with Gasteiger partial charge in [0.15, 0.2) is 5.82 Å². The second-order valence-corrected chi connectivity index (χ2v) is 5.72. The monoisotopic (exact) mass is 281 g/mol. The highest BCUT2D eigenvalue weighted by Gasteiger charge is 2.16. The summed E-state index contributed by atoms with van der Waals surface area (Å²) in [5.74, 6) is 1.31. The minimum atomic E-state index is 0.364. The van der Waals surface area contributed by atoms with Crippen molar-refractivity contribution in [3.63, 3.8) is 0 Å². The van der Waals surface area contributed by atoms with E-state index in [1.807, 2.05) is 6.07 Å². The molecule has 5 nitrogen and oxygen atoms in total. The molecule has 0 unspecified atom stereocenters. The highest BCUT2D eigenvalue weighted by atomic mass is 32.1.